The van der Waals surface area contributed by atoms with Crippen molar-refractivity contribution < 1.29 is 9.59 Å². The van der Waals surface area contributed by atoms with Crippen molar-refractivity contribution in [3.05, 3.63) is 0 Å². The van der Waals surface area contributed by atoms with E-state index in [9.17, 15) is 9.59 Å². The molecule has 0 spiro atoms. The van der Waals surface area contributed by atoms with Gasteiger partial charge < -0.3 is 15.1 Å². The molecule has 0 aromatic carbocycles. The number of rotatable bonds is 5. The van der Waals surface area contributed by atoms with E-state index in [4.69, 9.17) is 0 Å². The molecule has 1 N–H and O–H groups in total. The summed E-state index contributed by atoms with van der Waals surface area (Å²) >= 11 is 0. The summed E-state index contributed by atoms with van der Waals surface area (Å²) in [5, 5.41) is 3.03. The van der Waals surface area contributed by atoms with Crippen LogP contribution in [0.5, 0.6) is 0 Å². The maximum absolute atomic E-state index is 12.6. The normalized spacial score (nSPS) is 26.3. The van der Waals surface area contributed by atoms with Gasteiger partial charge in [0.05, 0.1) is 0 Å². The van der Waals surface area contributed by atoms with Crippen molar-refractivity contribution in [1.29, 1.82) is 0 Å². The van der Waals surface area contributed by atoms with Gasteiger partial charge in [0, 0.05) is 44.6 Å². The number of piperazine rings is 1. The standard InChI is InChI=1S/C18H33N3O2/c1-4-20-9-11-21(12-10-20)18(23)16-7-5-15(6-8-16)17(22)19-13-14(2)3/h14-16H,4-13H2,1-3H3,(H,19,22). The zero-order valence-corrected chi connectivity index (χ0v) is 15.0. The number of carbonyl (C=O) groups is 2. The van der Waals surface area contributed by atoms with E-state index in [0.29, 0.717) is 11.8 Å². The van der Waals surface area contributed by atoms with E-state index in [-0.39, 0.29) is 17.7 Å². The minimum absolute atomic E-state index is 0.106. The summed E-state index contributed by atoms with van der Waals surface area (Å²) in [4.78, 5) is 29.2. The highest BCUT2D eigenvalue weighted by molar-refractivity contribution is 5.81. The summed E-state index contributed by atoms with van der Waals surface area (Å²) in [7, 11) is 0. The topological polar surface area (TPSA) is 52.7 Å². The lowest BCUT2D eigenvalue weighted by atomic mass is 9.80. The highest BCUT2D eigenvalue weighted by Gasteiger charge is 2.33. The van der Waals surface area contributed by atoms with Gasteiger partial charge >= 0.3 is 0 Å². The second kappa shape index (κ2) is 8.67. The molecule has 0 bridgehead atoms. The van der Waals surface area contributed by atoms with Gasteiger partial charge in [0.2, 0.25) is 11.8 Å². The van der Waals surface area contributed by atoms with Crippen molar-refractivity contribution in [3.8, 4) is 0 Å². The molecule has 5 heteroatoms. The number of likely N-dealkylation sites (N-methyl/N-ethyl adjacent to an activating group) is 1. The van der Waals surface area contributed by atoms with Crippen molar-refractivity contribution in [1.82, 2.24) is 15.1 Å². The van der Waals surface area contributed by atoms with Gasteiger partial charge in [0.15, 0.2) is 0 Å². The molecule has 5 nitrogen and oxygen atoms in total. The Morgan fingerprint density at radius 3 is 2.09 bits per heavy atom. The number of nitrogens with one attached hydrogen (secondary N) is 1. The SMILES string of the molecule is CCN1CCN(C(=O)C2CCC(C(=O)NCC(C)C)CC2)CC1. The van der Waals surface area contributed by atoms with Crippen molar-refractivity contribution in [2.45, 2.75) is 46.5 Å². The van der Waals surface area contributed by atoms with Gasteiger partial charge in [0.25, 0.3) is 0 Å². The Bertz CT molecular complexity index is 395. The average Bonchev–Trinajstić information content (AvgIpc) is 2.59. The number of hydrogen-bond acceptors (Lipinski definition) is 3. The Morgan fingerprint density at radius 2 is 1.57 bits per heavy atom. The summed E-state index contributed by atoms with van der Waals surface area (Å²) in [6, 6.07) is 0. The van der Waals surface area contributed by atoms with Crippen LogP contribution in [-0.2, 0) is 9.59 Å². The fourth-order valence-corrected chi connectivity index (χ4v) is 3.59. The molecule has 1 aliphatic heterocycles. The Hall–Kier alpha value is -1.10. The molecule has 0 radical (unpaired) electrons. The van der Waals surface area contributed by atoms with E-state index >= 15 is 0 Å². The molecule has 1 saturated carbocycles. The van der Waals surface area contributed by atoms with Crippen LogP contribution in [0, 0.1) is 17.8 Å². The predicted molar refractivity (Wildman–Crippen MR) is 92.0 cm³/mol. The van der Waals surface area contributed by atoms with Gasteiger partial charge in [-0.3, -0.25) is 9.59 Å². The van der Waals surface area contributed by atoms with Crippen molar-refractivity contribution in [3.63, 3.8) is 0 Å². The lowest BCUT2D eigenvalue weighted by Crippen LogP contribution is -2.50. The lowest BCUT2D eigenvalue weighted by Gasteiger charge is -2.37. The smallest absolute Gasteiger partial charge is 0.225 e. The molecule has 132 valence electrons. The molecule has 1 saturated heterocycles. The van der Waals surface area contributed by atoms with Gasteiger partial charge in [-0.15, -0.1) is 0 Å². The van der Waals surface area contributed by atoms with Crippen LogP contribution in [0.4, 0.5) is 0 Å². The molecule has 1 heterocycles. The fraction of sp³-hybridized carbons (Fsp3) is 0.889. The summed E-state index contributed by atoms with van der Waals surface area (Å²) < 4.78 is 0. The first-order valence-corrected chi connectivity index (χ1v) is 9.30. The quantitative estimate of drug-likeness (QED) is 0.838. The zero-order valence-electron chi connectivity index (χ0n) is 15.0. The molecular weight excluding hydrogens is 290 g/mol. The molecule has 0 aromatic heterocycles. The third kappa shape index (κ3) is 5.20. The molecule has 2 rings (SSSR count). The van der Waals surface area contributed by atoms with E-state index in [1.807, 2.05) is 4.90 Å². The first kappa shape index (κ1) is 18.2. The van der Waals surface area contributed by atoms with Crippen LogP contribution in [0.15, 0.2) is 0 Å². The fourth-order valence-electron chi connectivity index (χ4n) is 3.59. The van der Waals surface area contributed by atoms with E-state index in [1.54, 1.807) is 0 Å². The Balaban J connectivity index is 1.73. The number of nitrogens with zero attached hydrogens (tertiary/aromatic N) is 2. The van der Waals surface area contributed by atoms with Crippen molar-refractivity contribution in [2.75, 3.05) is 39.3 Å². The second-order valence-electron chi connectivity index (χ2n) is 7.45. The average molecular weight is 323 g/mol. The van der Waals surface area contributed by atoms with E-state index in [0.717, 1.165) is 65.0 Å². The van der Waals surface area contributed by atoms with E-state index < -0.39 is 0 Å². The van der Waals surface area contributed by atoms with Gasteiger partial charge in [-0.2, -0.15) is 0 Å². The first-order chi connectivity index (χ1) is 11.0. The molecule has 0 atom stereocenters. The molecule has 0 aromatic rings. The lowest BCUT2D eigenvalue weighted by molar-refractivity contribution is -0.140. The van der Waals surface area contributed by atoms with Crippen LogP contribution < -0.4 is 5.32 Å². The van der Waals surface area contributed by atoms with Gasteiger partial charge in [-0.05, 0) is 38.1 Å². The highest BCUT2D eigenvalue weighted by atomic mass is 16.2. The van der Waals surface area contributed by atoms with Crippen molar-refractivity contribution in [2.24, 2.45) is 17.8 Å². The highest BCUT2D eigenvalue weighted by Crippen LogP contribution is 2.30. The van der Waals surface area contributed by atoms with Crippen LogP contribution >= 0.6 is 0 Å². The molecule has 23 heavy (non-hydrogen) atoms. The van der Waals surface area contributed by atoms with Crippen LogP contribution in [0.1, 0.15) is 46.5 Å². The van der Waals surface area contributed by atoms with E-state index in [2.05, 4.69) is 31.0 Å². The molecule has 1 aliphatic carbocycles. The molecule has 0 unspecified atom stereocenters. The minimum atomic E-state index is 0.106. The monoisotopic (exact) mass is 323 g/mol. The maximum atomic E-state index is 12.6. The first-order valence-electron chi connectivity index (χ1n) is 9.30. The van der Waals surface area contributed by atoms with Crippen LogP contribution in [0.25, 0.3) is 0 Å². The van der Waals surface area contributed by atoms with Crippen LogP contribution in [-0.4, -0.2) is 60.9 Å². The predicted octanol–water partition coefficient (Wildman–Crippen LogP) is 1.73. The van der Waals surface area contributed by atoms with Crippen molar-refractivity contribution >= 4 is 11.8 Å². The van der Waals surface area contributed by atoms with Gasteiger partial charge in [-0.1, -0.05) is 20.8 Å². The van der Waals surface area contributed by atoms with Crippen LogP contribution in [0.2, 0.25) is 0 Å². The van der Waals surface area contributed by atoms with Crippen LogP contribution in [0.3, 0.4) is 0 Å². The van der Waals surface area contributed by atoms with Gasteiger partial charge in [-0.25, -0.2) is 0 Å². The van der Waals surface area contributed by atoms with Gasteiger partial charge in [0.1, 0.15) is 0 Å². The molecule has 2 fully saturated rings. The molecular formula is C18H33N3O2. The molecule has 2 amide bonds. The molecule has 2 aliphatic rings. The Morgan fingerprint density at radius 1 is 1.00 bits per heavy atom. The summed E-state index contributed by atoms with van der Waals surface area (Å²) in [6.45, 7) is 11.9. The maximum Gasteiger partial charge on any atom is 0.225 e. The number of hydrogen-bond donors (Lipinski definition) is 1. The second-order valence-corrected chi connectivity index (χ2v) is 7.45. The number of amides is 2. The summed E-state index contributed by atoms with van der Waals surface area (Å²) in [5.41, 5.74) is 0. The Labute approximate surface area is 140 Å². The third-order valence-corrected chi connectivity index (χ3v) is 5.26. The summed E-state index contributed by atoms with van der Waals surface area (Å²) in [5.74, 6) is 1.23. The summed E-state index contributed by atoms with van der Waals surface area (Å²) in [6.07, 6.45) is 3.45. The largest absolute Gasteiger partial charge is 0.356 e. The zero-order chi connectivity index (χ0) is 16.8. The minimum Gasteiger partial charge on any atom is -0.356 e. The Kier molecular flexibility index (Phi) is 6.88. The van der Waals surface area contributed by atoms with E-state index in [1.165, 1.54) is 0 Å². The third-order valence-electron chi connectivity index (χ3n) is 5.26. The number of carbonyl (C=O) groups excluding carboxylic acids is 2.